The number of ether oxygens (including phenoxy) is 2. The molecule has 0 saturated heterocycles. The maximum atomic E-state index is 8.32. The van der Waals surface area contributed by atoms with Gasteiger partial charge in [-0.25, -0.2) is 0 Å². The van der Waals surface area contributed by atoms with E-state index in [0.717, 1.165) is 0 Å². The first-order valence-corrected chi connectivity index (χ1v) is 3.70. The number of hydrogen-bond donors (Lipinski definition) is 1. The zero-order valence-corrected chi connectivity index (χ0v) is 6.82. The average Bonchev–Trinajstić information content (AvgIpc) is 2.03. The van der Waals surface area contributed by atoms with Crippen LogP contribution in [-0.2, 0) is 9.47 Å². The molecule has 0 aromatic rings. The van der Waals surface area contributed by atoms with Gasteiger partial charge in [0.25, 0.3) is 0 Å². The molecule has 0 aliphatic rings. The van der Waals surface area contributed by atoms with Gasteiger partial charge < -0.3 is 14.6 Å². The predicted octanol–water partition coefficient (Wildman–Crippen LogP) is 0.0601. The van der Waals surface area contributed by atoms with Crippen LogP contribution in [0, 0.1) is 0 Å². The smallest absolute Gasteiger partial charge is 0.169 e. The molecule has 4 nitrogen and oxygen atoms in total. The minimum Gasteiger partial charge on any atom is -0.484 e. The molecule has 0 aliphatic carbocycles. The molecular formula is C7H15NO3. The third kappa shape index (κ3) is 9.39. The van der Waals surface area contributed by atoms with Crippen molar-refractivity contribution in [3.8, 4) is 0 Å². The number of hydrogen-bond acceptors (Lipinski definition) is 4. The van der Waals surface area contributed by atoms with Crippen molar-refractivity contribution in [2.45, 2.75) is 6.92 Å². The summed E-state index contributed by atoms with van der Waals surface area (Å²) in [6.45, 7) is 4.10. The first kappa shape index (κ1) is 10.4. The zero-order chi connectivity index (χ0) is 8.36. The van der Waals surface area contributed by atoms with E-state index in [1.807, 2.05) is 6.92 Å². The second-order valence-electron chi connectivity index (χ2n) is 1.80. The molecule has 0 aromatic carbocycles. The molecule has 4 heteroatoms. The van der Waals surface area contributed by atoms with Crippen LogP contribution < -0.4 is 0 Å². The molecule has 0 aromatic heterocycles. The highest BCUT2D eigenvalue weighted by Crippen LogP contribution is 1.75. The molecule has 11 heavy (non-hydrogen) atoms. The van der Waals surface area contributed by atoms with Gasteiger partial charge in [-0.05, 0) is 6.92 Å². The summed E-state index contributed by atoms with van der Waals surface area (Å²) in [5.74, 6) is 0. The van der Waals surface area contributed by atoms with E-state index in [0.29, 0.717) is 26.4 Å². The summed E-state index contributed by atoms with van der Waals surface area (Å²) in [6, 6.07) is 0. The van der Waals surface area contributed by atoms with E-state index in [9.17, 15) is 0 Å². The van der Waals surface area contributed by atoms with Crippen LogP contribution in [-0.4, -0.2) is 44.5 Å². The molecule has 0 radical (unpaired) electrons. The van der Waals surface area contributed by atoms with E-state index in [2.05, 4.69) is 4.99 Å². The van der Waals surface area contributed by atoms with Crippen LogP contribution in [0.5, 0.6) is 0 Å². The summed E-state index contributed by atoms with van der Waals surface area (Å²) in [5, 5.41) is 8.32. The third-order valence-corrected chi connectivity index (χ3v) is 0.916. The van der Waals surface area contributed by atoms with E-state index < -0.39 is 0 Å². The number of aliphatic hydroxyl groups is 1. The summed E-state index contributed by atoms with van der Waals surface area (Å²) in [7, 11) is 0. The van der Waals surface area contributed by atoms with Crippen molar-refractivity contribution >= 4 is 6.40 Å². The van der Waals surface area contributed by atoms with Crippen molar-refractivity contribution in [2.24, 2.45) is 4.99 Å². The van der Waals surface area contributed by atoms with Crippen molar-refractivity contribution in [2.75, 3.05) is 33.0 Å². The lowest BCUT2D eigenvalue weighted by molar-refractivity contribution is 0.0976. The normalized spacial score (nSPS) is 10.7. The van der Waals surface area contributed by atoms with Gasteiger partial charge in [0.05, 0.1) is 33.0 Å². The molecule has 1 N–H and O–H groups in total. The Morgan fingerprint density at radius 2 is 2.27 bits per heavy atom. The largest absolute Gasteiger partial charge is 0.484 e. The average molecular weight is 161 g/mol. The molecule has 0 saturated carbocycles. The Morgan fingerprint density at radius 3 is 2.91 bits per heavy atom. The lowest BCUT2D eigenvalue weighted by Gasteiger charge is -1.97. The van der Waals surface area contributed by atoms with E-state index in [1.165, 1.54) is 6.40 Å². The van der Waals surface area contributed by atoms with Crippen molar-refractivity contribution in [3.63, 3.8) is 0 Å². The summed E-state index contributed by atoms with van der Waals surface area (Å²) in [5.41, 5.74) is 0. The van der Waals surface area contributed by atoms with Gasteiger partial charge in [-0.15, -0.1) is 0 Å². The van der Waals surface area contributed by atoms with Crippen molar-refractivity contribution in [3.05, 3.63) is 0 Å². The van der Waals surface area contributed by atoms with E-state index in [-0.39, 0.29) is 6.61 Å². The fourth-order valence-electron chi connectivity index (χ4n) is 0.464. The minimum absolute atomic E-state index is 0.0647. The topological polar surface area (TPSA) is 51.0 Å². The maximum absolute atomic E-state index is 8.32. The van der Waals surface area contributed by atoms with E-state index >= 15 is 0 Å². The van der Waals surface area contributed by atoms with Gasteiger partial charge in [-0.2, -0.15) is 0 Å². The highest BCUT2D eigenvalue weighted by atomic mass is 16.5. The van der Waals surface area contributed by atoms with Gasteiger partial charge >= 0.3 is 0 Å². The number of aliphatic imine (C=N–C) groups is 1. The van der Waals surface area contributed by atoms with Gasteiger partial charge in [0.2, 0.25) is 0 Å². The molecule has 66 valence electrons. The van der Waals surface area contributed by atoms with Crippen LogP contribution in [0.15, 0.2) is 4.99 Å². The Hall–Kier alpha value is -0.610. The molecule has 0 unspecified atom stereocenters. The van der Waals surface area contributed by atoms with Crippen LogP contribution in [0.25, 0.3) is 0 Å². The SMILES string of the molecule is CCOC=NCCOCCO. The second kappa shape index (κ2) is 9.39. The molecule has 0 heterocycles. The highest BCUT2D eigenvalue weighted by Gasteiger charge is 1.82. The molecule has 0 spiro atoms. The van der Waals surface area contributed by atoms with Crippen LogP contribution >= 0.6 is 0 Å². The number of rotatable bonds is 7. The lowest BCUT2D eigenvalue weighted by Crippen LogP contribution is -2.03. The first-order chi connectivity index (χ1) is 5.41. The van der Waals surface area contributed by atoms with Crippen LogP contribution in [0.3, 0.4) is 0 Å². The van der Waals surface area contributed by atoms with Gasteiger partial charge in [0.1, 0.15) is 0 Å². The van der Waals surface area contributed by atoms with Crippen molar-refractivity contribution in [1.82, 2.24) is 0 Å². The Bertz CT molecular complexity index is 95.7. The van der Waals surface area contributed by atoms with E-state index in [1.54, 1.807) is 0 Å². The first-order valence-electron chi connectivity index (χ1n) is 3.70. The van der Waals surface area contributed by atoms with Gasteiger partial charge in [0.15, 0.2) is 6.40 Å². The highest BCUT2D eigenvalue weighted by molar-refractivity contribution is 5.45. The van der Waals surface area contributed by atoms with Crippen LogP contribution in [0.1, 0.15) is 6.92 Å². The Morgan fingerprint density at radius 1 is 1.45 bits per heavy atom. The van der Waals surface area contributed by atoms with Crippen molar-refractivity contribution in [1.29, 1.82) is 0 Å². The molecule has 0 fully saturated rings. The Balaban J connectivity index is 2.89. The second-order valence-corrected chi connectivity index (χ2v) is 1.80. The summed E-state index contributed by atoms with van der Waals surface area (Å²) >= 11 is 0. The van der Waals surface area contributed by atoms with Gasteiger partial charge in [-0.3, -0.25) is 4.99 Å². The van der Waals surface area contributed by atoms with Gasteiger partial charge in [-0.1, -0.05) is 0 Å². The van der Waals surface area contributed by atoms with E-state index in [4.69, 9.17) is 14.6 Å². The molecule has 0 atom stereocenters. The third-order valence-electron chi connectivity index (χ3n) is 0.916. The standard InChI is InChI=1S/C7H15NO3/c1-2-10-7-8-3-5-11-6-4-9/h7,9H,2-6H2,1H3. The summed E-state index contributed by atoms with van der Waals surface area (Å²) in [6.07, 6.45) is 1.42. The molecule has 0 aliphatic heterocycles. The van der Waals surface area contributed by atoms with Crippen molar-refractivity contribution < 1.29 is 14.6 Å². The monoisotopic (exact) mass is 161 g/mol. The number of nitrogens with zero attached hydrogens (tertiary/aromatic N) is 1. The lowest BCUT2D eigenvalue weighted by atomic mass is 10.7. The summed E-state index contributed by atoms with van der Waals surface area (Å²) in [4.78, 5) is 3.88. The van der Waals surface area contributed by atoms with Gasteiger partial charge in [0, 0.05) is 0 Å². The zero-order valence-electron chi connectivity index (χ0n) is 6.82. The number of aliphatic hydroxyl groups excluding tert-OH is 1. The Kier molecular flexibility index (Phi) is 8.87. The van der Waals surface area contributed by atoms with Crippen LogP contribution in [0.4, 0.5) is 0 Å². The fraction of sp³-hybridized carbons (Fsp3) is 0.857. The molecule has 0 amide bonds. The quantitative estimate of drug-likeness (QED) is 0.326. The summed E-state index contributed by atoms with van der Waals surface area (Å²) < 4.78 is 9.79. The molecular weight excluding hydrogens is 146 g/mol. The minimum atomic E-state index is 0.0647. The predicted molar refractivity (Wildman–Crippen MR) is 42.9 cm³/mol. The molecule has 0 rings (SSSR count). The fourth-order valence-corrected chi connectivity index (χ4v) is 0.464. The van der Waals surface area contributed by atoms with Crippen LogP contribution in [0.2, 0.25) is 0 Å². The Labute approximate surface area is 66.8 Å². The molecule has 0 bridgehead atoms. The maximum Gasteiger partial charge on any atom is 0.169 e.